The summed E-state index contributed by atoms with van der Waals surface area (Å²) < 4.78 is 47.0. The van der Waals surface area contributed by atoms with Crippen LogP contribution in [0.4, 0.5) is 19.0 Å². The van der Waals surface area contributed by atoms with Crippen molar-refractivity contribution in [3.05, 3.63) is 42.1 Å². The number of hydrogen-bond donors (Lipinski definition) is 0. The maximum absolute atomic E-state index is 13.3. The Morgan fingerprint density at radius 1 is 1.28 bits per heavy atom. The summed E-state index contributed by atoms with van der Waals surface area (Å²) in [7, 11) is 1.64. The highest BCUT2D eigenvalue weighted by molar-refractivity contribution is 5.49. The Bertz CT molecular complexity index is 701. The minimum absolute atomic E-state index is 0.00898. The standard InChI is InChI=1S/C17H21F3N4O/c1-25-11-10-23-9-7-22-15(23)13-4-3-8-24(12-13)16-14(17(18,19)20)5-2-6-21-16/h2,5-7,9,13H,3-4,8,10-12H2,1H3/t13-/m1/s1. The Kier molecular flexibility index (Phi) is 5.27. The molecule has 0 amide bonds. The molecule has 1 aliphatic rings. The average Bonchev–Trinajstić information content (AvgIpc) is 3.08. The quantitative estimate of drug-likeness (QED) is 0.826. The first-order chi connectivity index (χ1) is 12.0. The first-order valence-corrected chi connectivity index (χ1v) is 8.28. The van der Waals surface area contributed by atoms with Crippen LogP contribution in [0.3, 0.4) is 0 Å². The fourth-order valence-electron chi connectivity index (χ4n) is 3.31. The van der Waals surface area contributed by atoms with Crippen LogP contribution in [-0.2, 0) is 17.5 Å². The fourth-order valence-corrected chi connectivity index (χ4v) is 3.31. The first-order valence-electron chi connectivity index (χ1n) is 8.28. The molecule has 0 bridgehead atoms. The Balaban J connectivity index is 1.82. The molecule has 3 heterocycles. The SMILES string of the molecule is COCCn1ccnc1[C@@H]1CCCN(c2ncccc2C(F)(F)F)C1. The monoisotopic (exact) mass is 354 g/mol. The third-order valence-electron chi connectivity index (χ3n) is 4.46. The van der Waals surface area contributed by atoms with Gasteiger partial charge in [-0.15, -0.1) is 0 Å². The van der Waals surface area contributed by atoms with Gasteiger partial charge in [0, 0.05) is 51.3 Å². The third-order valence-corrected chi connectivity index (χ3v) is 4.46. The zero-order valence-electron chi connectivity index (χ0n) is 14.0. The normalized spacial score (nSPS) is 18.6. The van der Waals surface area contributed by atoms with Crippen LogP contribution >= 0.6 is 0 Å². The van der Waals surface area contributed by atoms with E-state index < -0.39 is 11.7 Å². The number of alkyl halides is 3. The van der Waals surface area contributed by atoms with Gasteiger partial charge in [-0.2, -0.15) is 13.2 Å². The maximum Gasteiger partial charge on any atom is 0.419 e. The number of halogens is 3. The van der Waals surface area contributed by atoms with Crippen LogP contribution in [0, 0.1) is 0 Å². The minimum atomic E-state index is -4.41. The van der Waals surface area contributed by atoms with Crippen molar-refractivity contribution in [2.45, 2.75) is 31.5 Å². The van der Waals surface area contributed by atoms with E-state index in [1.807, 2.05) is 10.8 Å². The lowest BCUT2D eigenvalue weighted by Crippen LogP contribution is -2.37. The first kappa shape index (κ1) is 17.7. The predicted molar refractivity (Wildman–Crippen MR) is 87.5 cm³/mol. The molecular formula is C17H21F3N4O. The number of methoxy groups -OCH3 is 1. The fraction of sp³-hybridized carbons (Fsp3) is 0.529. The molecule has 2 aromatic heterocycles. The number of anilines is 1. The van der Waals surface area contributed by atoms with E-state index >= 15 is 0 Å². The lowest BCUT2D eigenvalue weighted by molar-refractivity contribution is -0.137. The molecule has 5 nitrogen and oxygen atoms in total. The average molecular weight is 354 g/mol. The van der Waals surface area contributed by atoms with E-state index in [2.05, 4.69) is 9.97 Å². The zero-order chi connectivity index (χ0) is 17.9. The summed E-state index contributed by atoms with van der Waals surface area (Å²) in [4.78, 5) is 10.2. The lowest BCUT2D eigenvalue weighted by Gasteiger charge is -2.34. The summed E-state index contributed by atoms with van der Waals surface area (Å²) in [5.41, 5.74) is -0.682. The van der Waals surface area contributed by atoms with Crippen LogP contribution in [0.1, 0.15) is 30.1 Å². The smallest absolute Gasteiger partial charge is 0.383 e. The van der Waals surface area contributed by atoms with Gasteiger partial charge in [0.15, 0.2) is 0 Å². The van der Waals surface area contributed by atoms with Crippen molar-refractivity contribution in [3.8, 4) is 0 Å². The summed E-state index contributed by atoms with van der Waals surface area (Å²) in [5, 5.41) is 0. The van der Waals surface area contributed by atoms with E-state index in [0.29, 0.717) is 26.2 Å². The second kappa shape index (κ2) is 7.43. The zero-order valence-corrected chi connectivity index (χ0v) is 14.0. The van der Waals surface area contributed by atoms with Crippen LogP contribution in [0.15, 0.2) is 30.7 Å². The molecule has 0 aromatic carbocycles. The minimum Gasteiger partial charge on any atom is -0.383 e. The lowest BCUT2D eigenvalue weighted by atomic mass is 9.96. The van der Waals surface area contributed by atoms with E-state index in [9.17, 15) is 13.2 Å². The van der Waals surface area contributed by atoms with Gasteiger partial charge >= 0.3 is 6.18 Å². The van der Waals surface area contributed by atoms with Gasteiger partial charge < -0.3 is 14.2 Å². The number of nitrogens with zero attached hydrogens (tertiary/aromatic N) is 4. The molecule has 1 aliphatic heterocycles. The van der Waals surface area contributed by atoms with Crippen molar-refractivity contribution in [2.75, 3.05) is 31.7 Å². The van der Waals surface area contributed by atoms with Crippen LogP contribution in [0.2, 0.25) is 0 Å². The van der Waals surface area contributed by atoms with Crippen molar-refractivity contribution in [2.24, 2.45) is 0 Å². The topological polar surface area (TPSA) is 43.2 Å². The molecule has 0 unspecified atom stereocenters. The largest absolute Gasteiger partial charge is 0.419 e. The third kappa shape index (κ3) is 3.95. The molecule has 1 atom stereocenters. The summed E-state index contributed by atoms with van der Waals surface area (Å²) in [6.07, 6.45) is 2.31. The highest BCUT2D eigenvalue weighted by Gasteiger charge is 2.37. The van der Waals surface area contributed by atoms with Gasteiger partial charge in [0.2, 0.25) is 0 Å². The number of rotatable bonds is 5. The molecule has 0 aliphatic carbocycles. The Morgan fingerprint density at radius 2 is 2.12 bits per heavy atom. The van der Waals surface area contributed by atoms with Gasteiger partial charge in [-0.1, -0.05) is 0 Å². The van der Waals surface area contributed by atoms with E-state index in [0.717, 1.165) is 24.7 Å². The molecule has 0 N–H and O–H groups in total. The van der Waals surface area contributed by atoms with Crippen LogP contribution in [0.25, 0.3) is 0 Å². The molecule has 1 fully saturated rings. The van der Waals surface area contributed by atoms with Gasteiger partial charge in [0.25, 0.3) is 0 Å². The molecular weight excluding hydrogens is 333 g/mol. The molecule has 0 spiro atoms. The van der Waals surface area contributed by atoms with Crippen molar-refractivity contribution < 1.29 is 17.9 Å². The van der Waals surface area contributed by atoms with Gasteiger partial charge in [-0.25, -0.2) is 9.97 Å². The molecule has 3 rings (SSSR count). The number of piperidine rings is 1. The van der Waals surface area contributed by atoms with Crippen molar-refractivity contribution in [1.29, 1.82) is 0 Å². The highest BCUT2D eigenvalue weighted by Crippen LogP contribution is 2.37. The van der Waals surface area contributed by atoms with Gasteiger partial charge in [-0.3, -0.25) is 0 Å². The van der Waals surface area contributed by atoms with Crippen LogP contribution in [0.5, 0.6) is 0 Å². The van der Waals surface area contributed by atoms with E-state index in [-0.39, 0.29) is 11.7 Å². The molecule has 136 valence electrons. The number of ether oxygens (including phenoxy) is 1. The summed E-state index contributed by atoms with van der Waals surface area (Å²) in [6.45, 7) is 2.29. The Hall–Kier alpha value is -2.09. The van der Waals surface area contributed by atoms with Crippen molar-refractivity contribution >= 4 is 5.82 Å². The van der Waals surface area contributed by atoms with Crippen molar-refractivity contribution in [3.63, 3.8) is 0 Å². The van der Waals surface area contributed by atoms with E-state index in [1.165, 1.54) is 12.3 Å². The van der Waals surface area contributed by atoms with Gasteiger partial charge in [0.1, 0.15) is 11.6 Å². The molecule has 25 heavy (non-hydrogen) atoms. The number of aromatic nitrogens is 3. The Labute approximate surface area is 144 Å². The van der Waals surface area contributed by atoms with Gasteiger partial charge in [0.05, 0.1) is 12.2 Å². The maximum atomic E-state index is 13.3. The number of hydrogen-bond acceptors (Lipinski definition) is 4. The molecule has 1 saturated heterocycles. The summed E-state index contributed by atoms with van der Waals surface area (Å²) in [5.74, 6) is 0.977. The number of imidazole rings is 1. The van der Waals surface area contributed by atoms with E-state index in [1.54, 1.807) is 18.2 Å². The van der Waals surface area contributed by atoms with E-state index in [4.69, 9.17) is 4.74 Å². The molecule has 0 radical (unpaired) electrons. The second-order valence-electron chi connectivity index (χ2n) is 6.13. The molecule has 8 heteroatoms. The van der Waals surface area contributed by atoms with Crippen molar-refractivity contribution in [1.82, 2.24) is 14.5 Å². The highest BCUT2D eigenvalue weighted by atomic mass is 19.4. The molecule has 0 saturated carbocycles. The number of pyridine rings is 1. The summed E-state index contributed by atoms with van der Waals surface area (Å²) in [6, 6.07) is 2.41. The predicted octanol–water partition coefficient (Wildman–Crippen LogP) is 3.33. The Morgan fingerprint density at radius 3 is 2.88 bits per heavy atom. The van der Waals surface area contributed by atoms with Crippen LogP contribution < -0.4 is 4.90 Å². The summed E-state index contributed by atoms with van der Waals surface area (Å²) >= 11 is 0. The van der Waals surface area contributed by atoms with Crippen LogP contribution in [-0.4, -0.2) is 41.3 Å². The van der Waals surface area contributed by atoms with Gasteiger partial charge in [-0.05, 0) is 25.0 Å². The molecule has 2 aromatic rings. The second-order valence-corrected chi connectivity index (χ2v) is 6.13.